The summed E-state index contributed by atoms with van der Waals surface area (Å²) in [6.45, 7) is 17.8. The van der Waals surface area contributed by atoms with E-state index < -0.39 is 65.2 Å². The van der Waals surface area contributed by atoms with Gasteiger partial charge in [0.1, 0.15) is 11.4 Å². The van der Waals surface area contributed by atoms with Crippen molar-refractivity contribution in [1.82, 2.24) is 15.1 Å². The molecule has 0 saturated carbocycles. The number of nitrogens with one attached hydrogen (secondary N) is 1. The van der Waals surface area contributed by atoms with E-state index in [1.54, 1.807) is 39.7 Å². The van der Waals surface area contributed by atoms with Gasteiger partial charge < -0.3 is 43.7 Å². The number of carbonyl (C=O) groups is 2. The first-order valence-corrected chi connectivity index (χ1v) is 23.5. The lowest BCUT2D eigenvalue weighted by atomic mass is 9.79. The number of ether oxygens (including phenoxy) is 6. The van der Waals surface area contributed by atoms with Gasteiger partial charge in [0.2, 0.25) is 5.79 Å². The van der Waals surface area contributed by atoms with Gasteiger partial charge in [0.25, 0.3) is 0 Å². The van der Waals surface area contributed by atoms with Gasteiger partial charge in [0, 0.05) is 61.4 Å². The number of amides is 1. The van der Waals surface area contributed by atoms with E-state index in [0.29, 0.717) is 69.5 Å². The van der Waals surface area contributed by atoms with E-state index in [-0.39, 0.29) is 32.6 Å². The predicted octanol–water partition coefficient (Wildman–Crippen LogP) is 8.15. The maximum absolute atomic E-state index is 13.7. The zero-order chi connectivity index (χ0) is 46.2. The van der Waals surface area contributed by atoms with Crippen LogP contribution < -0.4 is 5.32 Å². The number of carbonyl (C=O) groups excluding carboxylic acids is 2. The maximum Gasteiger partial charge on any atom is 0.410 e. The first kappa shape index (κ1) is 51.8. The summed E-state index contributed by atoms with van der Waals surface area (Å²) in [6, 6.07) is 6.97. The van der Waals surface area contributed by atoms with Gasteiger partial charge in [-0.1, -0.05) is 53.9 Å². The number of azide groups is 1. The number of esters is 1. The van der Waals surface area contributed by atoms with E-state index in [2.05, 4.69) is 38.2 Å². The molecule has 348 valence electrons. The molecule has 62 heavy (non-hydrogen) atoms. The molecule has 12 atom stereocenters. The van der Waals surface area contributed by atoms with Crippen molar-refractivity contribution in [2.24, 2.45) is 17.0 Å². The van der Waals surface area contributed by atoms with E-state index in [4.69, 9.17) is 34.0 Å². The molecule has 2 saturated heterocycles. The highest BCUT2D eigenvalue weighted by atomic mass is 79.9. The molecule has 1 aromatic carbocycles. The van der Waals surface area contributed by atoms with E-state index in [1.807, 2.05) is 71.0 Å². The first-order chi connectivity index (χ1) is 29.1. The number of nitrogens with zero attached hydrogens (tertiary/aromatic N) is 5. The second-order valence-corrected chi connectivity index (χ2v) is 20.1. The van der Waals surface area contributed by atoms with Gasteiger partial charge in [-0.05, 0) is 116 Å². The third-order valence-corrected chi connectivity index (χ3v) is 14.0. The van der Waals surface area contributed by atoms with Crippen LogP contribution in [0.5, 0.6) is 0 Å². The summed E-state index contributed by atoms with van der Waals surface area (Å²) in [6.07, 6.45) is -0.111. The Labute approximate surface area is 378 Å². The molecule has 3 heterocycles. The lowest BCUT2D eigenvalue weighted by Gasteiger charge is -2.47. The SMILES string of the molecule is CC[C@@H](O)[C@@]1(C)OC(=O)N(CCCCN=[N+]=[N-])[C@@H]1[C@@H](Cc1cccc(Br)c1)NC[C@H](C)C[C@@](C)(OC)[C@H](O[C@@H]1OC(C)CC(N(C)C)C1P=O)[C@@H](C)C1=C(C)C(=O)OC(C)(C)O1. The Bertz CT molecular complexity index is 1780. The largest absolute Gasteiger partial charge is 0.456 e. The summed E-state index contributed by atoms with van der Waals surface area (Å²) >= 11 is 3.62. The molecule has 1 amide bonds. The van der Waals surface area contributed by atoms with Crippen molar-refractivity contribution in [2.45, 2.75) is 166 Å². The Morgan fingerprint density at radius 1 is 1.19 bits per heavy atom. The number of hydrogen-bond acceptors (Lipinski definition) is 13. The van der Waals surface area contributed by atoms with Crippen molar-refractivity contribution in [2.75, 3.05) is 40.8 Å². The number of cyclic esters (lactones) is 2. The molecule has 0 aromatic heterocycles. The maximum atomic E-state index is 13.7. The molecule has 0 bridgehead atoms. The van der Waals surface area contributed by atoms with E-state index in [9.17, 15) is 19.3 Å². The lowest BCUT2D eigenvalue weighted by molar-refractivity contribution is -0.266. The Hall–Kier alpha value is -2.85. The van der Waals surface area contributed by atoms with Crippen molar-refractivity contribution >= 4 is 36.5 Å². The molecule has 2 fully saturated rings. The van der Waals surface area contributed by atoms with Crippen LogP contribution in [0.25, 0.3) is 10.4 Å². The van der Waals surface area contributed by atoms with Crippen molar-refractivity contribution < 1.29 is 47.7 Å². The highest BCUT2D eigenvalue weighted by Gasteiger charge is 2.57. The molecular weight excluding hydrogens is 883 g/mol. The summed E-state index contributed by atoms with van der Waals surface area (Å²) in [5, 5.41) is 19.0. The molecule has 3 aliphatic heterocycles. The van der Waals surface area contributed by atoms with Crippen LogP contribution in [0.2, 0.25) is 0 Å². The minimum atomic E-state index is -1.24. The van der Waals surface area contributed by atoms with Crippen molar-refractivity contribution in [1.29, 1.82) is 0 Å². The van der Waals surface area contributed by atoms with Crippen molar-refractivity contribution in [3.8, 4) is 0 Å². The van der Waals surface area contributed by atoms with Gasteiger partial charge in [0.15, 0.2) is 20.4 Å². The second kappa shape index (κ2) is 22.4. The Balaban J connectivity index is 1.72. The average Bonchev–Trinajstić information content (AvgIpc) is 3.47. The fourth-order valence-corrected chi connectivity index (χ4v) is 10.7. The average molecular weight is 954 g/mol. The fourth-order valence-electron chi connectivity index (χ4n) is 9.45. The van der Waals surface area contributed by atoms with E-state index >= 15 is 0 Å². The smallest absolute Gasteiger partial charge is 0.410 e. The monoisotopic (exact) mass is 952 g/mol. The molecule has 16 nitrogen and oxygen atoms in total. The number of aliphatic hydroxyl groups is 1. The van der Waals surface area contributed by atoms with E-state index in [0.717, 1.165) is 10.0 Å². The first-order valence-electron chi connectivity index (χ1n) is 21.8. The minimum Gasteiger partial charge on any atom is -0.456 e. The third-order valence-electron chi connectivity index (χ3n) is 12.7. The van der Waals surface area contributed by atoms with Gasteiger partial charge >= 0.3 is 12.1 Å². The summed E-state index contributed by atoms with van der Waals surface area (Å²) in [7, 11) is 5.43. The normalized spacial score (nSPS) is 28.6. The zero-order valence-electron chi connectivity index (χ0n) is 38.6. The van der Waals surface area contributed by atoms with Crippen LogP contribution in [0.15, 0.2) is 45.2 Å². The number of rotatable bonds is 23. The third kappa shape index (κ3) is 12.5. The Morgan fingerprint density at radius 2 is 1.90 bits per heavy atom. The van der Waals surface area contributed by atoms with Crippen LogP contribution in [-0.2, 0) is 44.2 Å². The molecule has 3 unspecified atom stereocenters. The number of methoxy groups -OCH3 is 1. The van der Waals surface area contributed by atoms with Crippen LogP contribution >= 0.6 is 24.4 Å². The summed E-state index contributed by atoms with van der Waals surface area (Å²) < 4.78 is 51.8. The van der Waals surface area contributed by atoms with Crippen LogP contribution in [0, 0.1) is 11.8 Å². The summed E-state index contributed by atoms with van der Waals surface area (Å²) in [5.74, 6) is -1.92. The van der Waals surface area contributed by atoms with Crippen molar-refractivity contribution in [3.63, 3.8) is 0 Å². The quantitative estimate of drug-likeness (QED) is 0.0267. The van der Waals surface area contributed by atoms with Gasteiger partial charge in [-0.3, -0.25) is 9.46 Å². The molecule has 0 spiro atoms. The Kier molecular flexibility index (Phi) is 18.7. The number of unbranched alkanes of at least 4 members (excludes halogenated alkanes) is 1. The topological polar surface area (TPSA) is 194 Å². The molecule has 4 rings (SSSR count). The van der Waals surface area contributed by atoms with Crippen LogP contribution in [0.1, 0.15) is 100.0 Å². The van der Waals surface area contributed by atoms with Crippen LogP contribution in [0.3, 0.4) is 0 Å². The highest BCUT2D eigenvalue weighted by molar-refractivity contribution is 9.10. The molecule has 3 aliphatic rings. The minimum absolute atomic E-state index is 0.0844. The molecular formula is C44H70BrN6O10P. The van der Waals surface area contributed by atoms with Crippen molar-refractivity contribution in [3.05, 3.63) is 56.1 Å². The van der Waals surface area contributed by atoms with Crippen LogP contribution in [-0.4, -0.2) is 133 Å². The standard InChI is InChI=1S/C44H70BrN6O10P/c1-13-34(52)44(9)37(51(41(54)61-44)20-15-14-19-48-49-46)32(23-30-17-16-18-31(45)22-30)47-25-26(2)24-43(8,56-12)38(28(4)35-29(5)39(53)60-42(6,7)59-35)58-40-36(62-55)33(50(10)11)21-27(3)57-40/h16-18,22,26-28,32-34,36-38,40,47,52H,13-15,19-21,23-25H2,1-12H3/t26-,27?,28+,32-,33?,34-,36?,37-,38-,40+,43-,44-/m1/s1. The molecule has 1 aromatic rings. The number of aliphatic hydroxyl groups excluding tert-OH is 1. The fraction of sp³-hybridized carbons (Fsp3) is 0.773. The summed E-state index contributed by atoms with van der Waals surface area (Å²) in [5.41, 5.74) is 7.38. The lowest BCUT2D eigenvalue weighted by Crippen LogP contribution is -2.61. The molecule has 0 aliphatic carbocycles. The molecule has 18 heteroatoms. The summed E-state index contributed by atoms with van der Waals surface area (Å²) in [4.78, 5) is 33.5. The molecule has 2 N–H and O–H groups in total. The molecule has 0 radical (unpaired) electrons. The predicted molar refractivity (Wildman–Crippen MR) is 240 cm³/mol. The van der Waals surface area contributed by atoms with Crippen LogP contribution in [0.4, 0.5) is 4.79 Å². The zero-order valence-corrected chi connectivity index (χ0v) is 41.1. The van der Waals surface area contributed by atoms with E-state index in [1.165, 1.54) is 0 Å². The van der Waals surface area contributed by atoms with Gasteiger partial charge in [-0.2, -0.15) is 0 Å². The highest BCUT2D eigenvalue weighted by Crippen LogP contribution is 2.43. The van der Waals surface area contributed by atoms with Gasteiger partial charge in [0.05, 0.1) is 35.5 Å². The van der Waals surface area contributed by atoms with Gasteiger partial charge in [-0.15, -0.1) is 0 Å². The Morgan fingerprint density at radius 3 is 2.52 bits per heavy atom. The number of hydrogen-bond donors (Lipinski definition) is 2. The van der Waals surface area contributed by atoms with Gasteiger partial charge in [-0.25, -0.2) is 9.59 Å². The second-order valence-electron chi connectivity index (χ2n) is 18.4. The number of benzene rings is 1. The number of halogens is 1.